The van der Waals surface area contributed by atoms with Crippen LogP contribution in [0.4, 0.5) is 0 Å². The molecule has 0 fully saturated rings. The second-order valence-electron chi connectivity index (χ2n) is 3.02. The third-order valence-corrected chi connectivity index (χ3v) is 1.75. The second-order valence-corrected chi connectivity index (χ2v) is 3.02. The zero-order valence-corrected chi connectivity index (χ0v) is 8.36. The molecule has 0 bridgehead atoms. The minimum atomic E-state index is -0.0114. The van der Waals surface area contributed by atoms with Crippen LogP contribution in [0.1, 0.15) is 13.3 Å². The summed E-state index contributed by atoms with van der Waals surface area (Å²) in [7, 11) is 0. The molecule has 1 aromatic carbocycles. The number of para-hydroxylation sites is 1. The van der Waals surface area contributed by atoms with E-state index in [9.17, 15) is 0 Å². The quantitative estimate of drug-likeness (QED) is 0.733. The molecule has 0 aliphatic carbocycles. The topological polar surface area (TPSA) is 35.2 Å². The number of hydrogen-bond donors (Lipinski definition) is 1. The van der Waals surface area contributed by atoms with Crippen LogP contribution in [0.15, 0.2) is 30.3 Å². The molecule has 2 heteroatoms. The molecule has 74 valence electrons. The maximum absolute atomic E-state index is 5.78. The predicted octanol–water partition coefficient (Wildman–Crippen LogP) is 1.81. The van der Waals surface area contributed by atoms with E-state index in [1.165, 1.54) is 0 Å². The standard InChI is InChI=1S/C12H15NO/c1-2-3-7-11(13)10-14-12-8-5-4-6-9-12/h4-6,8-9,11H,7,10,13H2,1H3. The molecule has 0 aliphatic rings. The Balaban J connectivity index is 2.29. The molecule has 0 aliphatic heterocycles. The van der Waals surface area contributed by atoms with Crippen LogP contribution in [-0.2, 0) is 0 Å². The van der Waals surface area contributed by atoms with Gasteiger partial charge in [-0.1, -0.05) is 18.2 Å². The van der Waals surface area contributed by atoms with E-state index in [4.69, 9.17) is 10.5 Å². The molecule has 0 amide bonds. The molecule has 0 saturated heterocycles. The summed E-state index contributed by atoms with van der Waals surface area (Å²) in [5.41, 5.74) is 5.78. The molecule has 0 aromatic heterocycles. The van der Waals surface area contributed by atoms with Gasteiger partial charge in [-0.3, -0.25) is 0 Å². The minimum absolute atomic E-state index is 0.0114. The van der Waals surface area contributed by atoms with Crippen molar-refractivity contribution < 1.29 is 4.74 Å². The Bertz CT molecular complexity index is 310. The smallest absolute Gasteiger partial charge is 0.119 e. The van der Waals surface area contributed by atoms with E-state index in [0.717, 1.165) is 5.75 Å². The van der Waals surface area contributed by atoms with E-state index in [1.807, 2.05) is 37.3 Å². The predicted molar refractivity (Wildman–Crippen MR) is 58.0 cm³/mol. The summed E-state index contributed by atoms with van der Waals surface area (Å²) in [5.74, 6) is 6.59. The maximum Gasteiger partial charge on any atom is 0.119 e. The fourth-order valence-electron chi connectivity index (χ4n) is 1.01. The Kier molecular flexibility index (Phi) is 4.60. The third-order valence-electron chi connectivity index (χ3n) is 1.75. The highest BCUT2D eigenvalue weighted by molar-refractivity contribution is 5.20. The minimum Gasteiger partial charge on any atom is -0.492 e. The van der Waals surface area contributed by atoms with E-state index in [-0.39, 0.29) is 6.04 Å². The lowest BCUT2D eigenvalue weighted by Crippen LogP contribution is -2.27. The van der Waals surface area contributed by atoms with E-state index < -0.39 is 0 Å². The maximum atomic E-state index is 5.78. The number of rotatable bonds is 4. The first kappa shape index (κ1) is 10.6. The van der Waals surface area contributed by atoms with Gasteiger partial charge in [-0.05, 0) is 19.1 Å². The van der Waals surface area contributed by atoms with E-state index >= 15 is 0 Å². The fourth-order valence-corrected chi connectivity index (χ4v) is 1.01. The van der Waals surface area contributed by atoms with E-state index in [0.29, 0.717) is 13.0 Å². The molecule has 0 heterocycles. The van der Waals surface area contributed by atoms with Crippen molar-refractivity contribution in [3.05, 3.63) is 30.3 Å². The lowest BCUT2D eigenvalue weighted by Gasteiger charge is -2.10. The zero-order chi connectivity index (χ0) is 10.2. The lowest BCUT2D eigenvalue weighted by atomic mass is 10.2. The molecule has 0 saturated carbocycles. The van der Waals surface area contributed by atoms with Crippen LogP contribution < -0.4 is 10.5 Å². The highest BCUT2D eigenvalue weighted by Gasteiger charge is 2.00. The molecule has 0 spiro atoms. The fraction of sp³-hybridized carbons (Fsp3) is 0.333. The van der Waals surface area contributed by atoms with Gasteiger partial charge in [0.05, 0.1) is 0 Å². The molecular weight excluding hydrogens is 174 g/mol. The van der Waals surface area contributed by atoms with Crippen LogP contribution in [0.5, 0.6) is 5.75 Å². The first-order valence-corrected chi connectivity index (χ1v) is 4.66. The van der Waals surface area contributed by atoms with Crippen molar-refractivity contribution in [1.29, 1.82) is 0 Å². The molecule has 14 heavy (non-hydrogen) atoms. The van der Waals surface area contributed by atoms with Crippen LogP contribution in [0.2, 0.25) is 0 Å². The summed E-state index contributed by atoms with van der Waals surface area (Å²) in [6, 6.07) is 9.65. The van der Waals surface area contributed by atoms with Gasteiger partial charge < -0.3 is 10.5 Å². The van der Waals surface area contributed by atoms with Crippen molar-refractivity contribution in [3.8, 4) is 17.6 Å². The Morgan fingerprint density at radius 3 is 2.71 bits per heavy atom. The SMILES string of the molecule is CC#CCC(N)COc1ccccc1. The molecule has 0 radical (unpaired) electrons. The summed E-state index contributed by atoms with van der Waals surface area (Å²) >= 11 is 0. The van der Waals surface area contributed by atoms with Gasteiger partial charge in [0.25, 0.3) is 0 Å². The second kappa shape index (κ2) is 6.06. The molecule has 1 unspecified atom stereocenters. The van der Waals surface area contributed by atoms with Gasteiger partial charge in [-0.25, -0.2) is 0 Å². The average Bonchev–Trinajstić information content (AvgIpc) is 2.25. The van der Waals surface area contributed by atoms with Crippen LogP contribution in [-0.4, -0.2) is 12.6 Å². The number of benzene rings is 1. The van der Waals surface area contributed by atoms with E-state index in [2.05, 4.69) is 11.8 Å². The Morgan fingerprint density at radius 1 is 1.36 bits per heavy atom. The van der Waals surface area contributed by atoms with Crippen LogP contribution in [0.25, 0.3) is 0 Å². The number of hydrogen-bond acceptors (Lipinski definition) is 2. The highest BCUT2D eigenvalue weighted by Crippen LogP contribution is 2.08. The van der Waals surface area contributed by atoms with Crippen LogP contribution in [0.3, 0.4) is 0 Å². The van der Waals surface area contributed by atoms with Crippen molar-refractivity contribution in [1.82, 2.24) is 0 Å². The Morgan fingerprint density at radius 2 is 2.07 bits per heavy atom. The highest BCUT2D eigenvalue weighted by atomic mass is 16.5. The summed E-state index contributed by atoms with van der Waals surface area (Å²) in [4.78, 5) is 0. The average molecular weight is 189 g/mol. The Hall–Kier alpha value is -1.46. The first-order valence-electron chi connectivity index (χ1n) is 4.66. The summed E-state index contributed by atoms with van der Waals surface area (Å²) in [5, 5.41) is 0. The van der Waals surface area contributed by atoms with Gasteiger partial charge >= 0.3 is 0 Å². The molecule has 1 aromatic rings. The van der Waals surface area contributed by atoms with Crippen molar-refractivity contribution in [2.75, 3.05) is 6.61 Å². The molecule has 1 atom stereocenters. The zero-order valence-electron chi connectivity index (χ0n) is 8.36. The molecular formula is C12H15NO. The normalized spacial score (nSPS) is 11.3. The van der Waals surface area contributed by atoms with Crippen molar-refractivity contribution >= 4 is 0 Å². The van der Waals surface area contributed by atoms with Crippen molar-refractivity contribution in [2.24, 2.45) is 5.73 Å². The van der Waals surface area contributed by atoms with E-state index in [1.54, 1.807) is 0 Å². The van der Waals surface area contributed by atoms with Gasteiger partial charge in [-0.15, -0.1) is 11.8 Å². The van der Waals surface area contributed by atoms with Crippen LogP contribution >= 0.6 is 0 Å². The summed E-state index contributed by atoms with van der Waals surface area (Å²) < 4.78 is 5.47. The van der Waals surface area contributed by atoms with Gasteiger partial charge in [0, 0.05) is 12.5 Å². The number of ether oxygens (including phenoxy) is 1. The largest absolute Gasteiger partial charge is 0.492 e. The molecule has 2 N–H and O–H groups in total. The summed E-state index contributed by atoms with van der Waals surface area (Å²) in [6.45, 7) is 2.32. The van der Waals surface area contributed by atoms with Gasteiger partial charge in [0.1, 0.15) is 12.4 Å². The molecule has 2 nitrogen and oxygen atoms in total. The van der Waals surface area contributed by atoms with Crippen molar-refractivity contribution in [3.63, 3.8) is 0 Å². The first-order chi connectivity index (χ1) is 6.83. The van der Waals surface area contributed by atoms with Gasteiger partial charge in [0.15, 0.2) is 0 Å². The lowest BCUT2D eigenvalue weighted by molar-refractivity contribution is 0.290. The van der Waals surface area contributed by atoms with Gasteiger partial charge in [0.2, 0.25) is 0 Å². The monoisotopic (exact) mass is 189 g/mol. The Labute approximate surface area is 85.1 Å². The summed E-state index contributed by atoms with van der Waals surface area (Å²) in [6.07, 6.45) is 0.684. The van der Waals surface area contributed by atoms with Gasteiger partial charge in [-0.2, -0.15) is 0 Å². The third kappa shape index (κ3) is 3.97. The van der Waals surface area contributed by atoms with Crippen molar-refractivity contribution in [2.45, 2.75) is 19.4 Å². The number of nitrogens with two attached hydrogens (primary N) is 1. The molecule has 1 rings (SSSR count). The van der Waals surface area contributed by atoms with Crippen LogP contribution in [0, 0.1) is 11.8 Å².